The number of halogens is 1. The molecule has 1 saturated carbocycles. The number of carbonyl (C=O) groups is 1. The maximum absolute atomic E-state index is 12.3. The Morgan fingerprint density at radius 3 is 2.33 bits per heavy atom. The van der Waals surface area contributed by atoms with Gasteiger partial charge in [0, 0.05) is 3.57 Å². The standard InChI is InChI=1S/C19H20INO3/c1-23-16-8-4-14(5-9-16)19(13-2-3-13)21-18(22)12-24-17-10-6-15(20)7-11-17/h4-11,13,19H,2-3,12H2,1H3,(H,21,22). The summed E-state index contributed by atoms with van der Waals surface area (Å²) in [6.07, 6.45) is 2.30. The second-order valence-corrected chi connectivity index (χ2v) is 7.14. The highest BCUT2D eigenvalue weighted by Gasteiger charge is 2.33. The SMILES string of the molecule is COc1ccc(C(NC(=O)COc2ccc(I)cc2)C2CC2)cc1. The van der Waals surface area contributed by atoms with Gasteiger partial charge in [-0.05, 0) is 83.3 Å². The minimum atomic E-state index is -0.0960. The van der Waals surface area contributed by atoms with Crippen molar-refractivity contribution in [2.75, 3.05) is 13.7 Å². The van der Waals surface area contributed by atoms with E-state index in [1.165, 1.54) is 0 Å². The lowest BCUT2D eigenvalue weighted by molar-refractivity contribution is -0.124. The molecule has 5 heteroatoms. The van der Waals surface area contributed by atoms with Gasteiger partial charge in [0.2, 0.25) is 0 Å². The number of carbonyl (C=O) groups excluding carboxylic acids is 1. The van der Waals surface area contributed by atoms with Gasteiger partial charge in [-0.3, -0.25) is 4.79 Å². The van der Waals surface area contributed by atoms with Crippen molar-refractivity contribution in [3.63, 3.8) is 0 Å². The van der Waals surface area contributed by atoms with E-state index in [1.807, 2.05) is 48.5 Å². The van der Waals surface area contributed by atoms with E-state index in [4.69, 9.17) is 9.47 Å². The molecule has 0 bridgehead atoms. The summed E-state index contributed by atoms with van der Waals surface area (Å²) >= 11 is 2.24. The zero-order valence-electron chi connectivity index (χ0n) is 13.5. The number of hydrogen-bond donors (Lipinski definition) is 1. The van der Waals surface area contributed by atoms with Crippen molar-refractivity contribution in [1.29, 1.82) is 0 Å². The monoisotopic (exact) mass is 437 g/mol. The molecule has 1 N–H and O–H groups in total. The Morgan fingerprint density at radius 2 is 1.75 bits per heavy atom. The Bertz CT molecular complexity index is 681. The van der Waals surface area contributed by atoms with Crippen LogP contribution in [0.15, 0.2) is 48.5 Å². The summed E-state index contributed by atoms with van der Waals surface area (Å²) in [5.74, 6) is 1.95. The van der Waals surface area contributed by atoms with Crippen LogP contribution in [0.5, 0.6) is 11.5 Å². The maximum Gasteiger partial charge on any atom is 0.258 e. The van der Waals surface area contributed by atoms with Crippen LogP contribution >= 0.6 is 22.6 Å². The lowest BCUT2D eigenvalue weighted by Crippen LogP contribution is -2.33. The van der Waals surface area contributed by atoms with Gasteiger partial charge in [0.1, 0.15) is 11.5 Å². The number of benzene rings is 2. The average molecular weight is 437 g/mol. The molecule has 2 aromatic rings. The fourth-order valence-electron chi connectivity index (χ4n) is 2.61. The van der Waals surface area contributed by atoms with E-state index in [9.17, 15) is 4.79 Å². The highest BCUT2D eigenvalue weighted by molar-refractivity contribution is 14.1. The van der Waals surface area contributed by atoms with Crippen LogP contribution in [0.4, 0.5) is 0 Å². The molecule has 0 radical (unpaired) electrons. The zero-order chi connectivity index (χ0) is 16.9. The maximum atomic E-state index is 12.3. The van der Waals surface area contributed by atoms with E-state index >= 15 is 0 Å². The molecule has 1 aliphatic carbocycles. The number of hydrogen-bond acceptors (Lipinski definition) is 3. The summed E-state index contributed by atoms with van der Waals surface area (Å²) in [5, 5.41) is 3.11. The van der Waals surface area contributed by atoms with Crippen LogP contribution in [0.1, 0.15) is 24.4 Å². The van der Waals surface area contributed by atoms with E-state index in [-0.39, 0.29) is 18.6 Å². The van der Waals surface area contributed by atoms with E-state index in [1.54, 1.807) is 7.11 Å². The number of amides is 1. The Balaban J connectivity index is 1.58. The van der Waals surface area contributed by atoms with Gasteiger partial charge in [0.15, 0.2) is 6.61 Å². The quantitative estimate of drug-likeness (QED) is 0.668. The van der Waals surface area contributed by atoms with Crippen LogP contribution in [0.2, 0.25) is 0 Å². The predicted octanol–water partition coefficient (Wildman–Crippen LogP) is 3.95. The summed E-state index contributed by atoms with van der Waals surface area (Å²) in [5.41, 5.74) is 1.11. The Labute approximate surface area is 155 Å². The molecule has 1 atom stereocenters. The first-order chi connectivity index (χ1) is 11.7. The van der Waals surface area contributed by atoms with Gasteiger partial charge in [-0.25, -0.2) is 0 Å². The summed E-state index contributed by atoms with van der Waals surface area (Å²) < 4.78 is 11.9. The third-order valence-corrected chi connectivity index (χ3v) is 4.79. The van der Waals surface area contributed by atoms with Gasteiger partial charge < -0.3 is 14.8 Å². The largest absolute Gasteiger partial charge is 0.497 e. The molecule has 24 heavy (non-hydrogen) atoms. The number of methoxy groups -OCH3 is 1. The normalized spacial score (nSPS) is 14.8. The first-order valence-electron chi connectivity index (χ1n) is 7.97. The third-order valence-electron chi connectivity index (χ3n) is 4.07. The molecule has 126 valence electrons. The van der Waals surface area contributed by atoms with Crippen LogP contribution in [0.25, 0.3) is 0 Å². The molecule has 1 aliphatic rings. The minimum absolute atomic E-state index is 0.0277. The minimum Gasteiger partial charge on any atom is -0.497 e. The van der Waals surface area contributed by atoms with Crippen LogP contribution in [0.3, 0.4) is 0 Å². The van der Waals surface area contributed by atoms with E-state index in [2.05, 4.69) is 27.9 Å². The molecule has 0 spiro atoms. The smallest absolute Gasteiger partial charge is 0.258 e. The van der Waals surface area contributed by atoms with Crippen molar-refractivity contribution >= 4 is 28.5 Å². The molecule has 1 amide bonds. The zero-order valence-corrected chi connectivity index (χ0v) is 15.7. The molecule has 3 rings (SSSR count). The fraction of sp³-hybridized carbons (Fsp3) is 0.316. The summed E-state index contributed by atoms with van der Waals surface area (Å²) in [4.78, 5) is 12.3. The highest BCUT2D eigenvalue weighted by Crippen LogP contribution is 2.41. The number of nitrogens with one attached hydrogen (secondary N) is 1. The molecule has 4 nitrogen and oxygen atoms in total. The summed E-state index contributed by atoms with van der Waals surface area (Å²) in [6, 6.07) is 15.6. The number of rotatable bonds is 7. The van der Waals surface area contributed by atoms with Crippen molar-refractivity contribution in [1.82, 2.24) is 5.32 Å². The number of ether oxygens (including phenoxy) is 2. The predicted molar refractivity (Wildman–Crippen MR) is 101 cm³/mol. The van der Waals surface area contributed by atoms with Gasteiger partial charge >= 0.3 is 0 Å². The van der Waals surface area contributed by atoms with Crippen LogP contribution in [-0.4, -0.2) is 19.6 Å². The molecular weight excluding hydrogens is 417 g/mol. The van der Waals surface area contributed by atoms with E-state index in [0.29, 0.717) is 11.7 Å². The van der Waals surface area contributed by atoms with Gasteiger partial charge in [0.05, 0.1) is 13.2 Å². The van der Waals surface area contributed by atoms with Crippen molar-refractivity contribution < 1.29 is 14.3 Å². The molecule has 2 aromatic carbocycles. The van der Waals surface area contributed by atoms with Gasteiger partial charge in [-0.1, -0.05) is 12.1 Å². The Kier molecular flexibility index (Phi) is 5.60. The van der Waals surface area contributed by atoms with Crippen LogP contribution in [-0.2, 0) is 4.79 Å². The van der Waals surface area contributed by atoms with Gasteiger partial charge in [0.25, 0.3) is 5.91 Å². The molecule has 0 aromatic heterocycles. The first-order valence-corrected chi connectivity index (χ1v) is 9.05. The van der Waals surface area contributed by atoms with Gasteiger partial charge in [-0.2, -0.15) is 0 Å². The average Bonchev–Trinajstić information content (AvgIpc) is 3.44. The molecule has 1 fully saturated rings. The molecular formula is C19H20INO3. The van der Waals surface area contributed by atoms with Crippen molar-refractivity contribution in [2.45, 2.75) is 18.9 Å². The Morgan fingerprint density at radius 1 is 1.12 bits per heavy atom. The topological polar surface area (TPSA) is 47.6 Å². The van der Waals surface area contributed by atoms with Crippen molar-refractivity contribution in [3.8, 4) is 11.5 Å². The van der Waals surface area contributed by atoms with Gasteiger partial charge in [-0.15, -0.1) is 0 Å². The highest BCUT2D eigenvalue weighted by atomic mass is 127. The van der Waals surface area contributed by atoms with E-state index < -0.39 is 0 Å². The first kappa shape index (κ1) is 17.1. The molecule has 0 saturated heterocycles. The van der Waals surface area contributed by atoms with Crippen LogP contribution < -0.4 is 14.8 Å². The Hall–Kier alpha value is -1.76. The lowest BCUT2D eigenvalue weighted by atomic mass is 10.0. The van der Waals surface area contributed by atoms with Crippen molar-refractivity contribution in [2.24, 2.45) is 5.92 Å². The fourth-order valence-corrected chi connectivity index (χ4v) is 2.97. The lowest BCUT2D eigenvalue weighted by Gasteiger charge is -2.19. The van der Waals surface area contributed by atoms with Crippen LogP contribution in [0, 0.1) is 9.49 Å². The molecule has 1 unspecified atom stereocenters. The molecule has 0 heterocycles. The summed E-state index contributed by atoms with van der Waals surface area (Å²) in [6.45, 7) is 0.0277. The van der Waals surface area contributed by atoms with E-state index in [0.717, 1.165) is 27.7 Å². The third kappa shape index (κ3) is 4.63. The molecule has 0 aliphatic heterocycles. The summed E-state index contributed by atoms with van der Waals surface area (Å²) in [7, 11) is 1.65. The second-order valence-electron chi connectivity index (χ2n) is 5.90. The van der Waals surface area contributed by atoms with Crippen molar-refractivity contribution in [3.05, 3.63) is 57.7 Å². The second kappa shape index (κ2) is 7.88.